The van der Waals surface area contributed by atoms with Gasteiger partial charge in [-0.3, -0.25) is 0 Å². The number of ether oxygens (including phenoxy) is 1. The van der Waals surface area contributed by atoms with E-state index < -0.39 is 0 Å². The summed E-state index contributed by atoms with van der Waals surface area (Å²) < 4.78 is 5.50. The van der Waals surface area contributed by atoms with Crippen molar-refractivity contribution >= 4 is 7.85 Å². The molecule has 3 rings (SSSR count). The van der Waals surface area contributed by atoms with Gasteiger partial charge in [0.2, 0.25) is 0 Å². The highest BCUT2D eigenvalue weighted by Gasteiger charge is 2.44. The van der Waals surface area contributed by atoms with Gasteiger partial charge >= 0.3 is 0 Å². The van der Waals surface area contributed by atoms with Crippen molar-refractivity contribution in [2.75, 3.05) is 20.1 Å². The molecule has 0 aliphatic heterocycles. The molecule has 0 heterocycles. The second-order valence-corrected chi connectivity index (χ2v) is 6.61. The summed E-state index contributed by atoms with van der Waals surface area (Å²) >= 11 is 0. The summed E-state index contributed by atoms with van der Waals surface area (Å²) in [6.45, 7) is 1.02. The zero-order valence-electron chi connectivity index (χ0n) is 13.2. The minimum absolute atomic E-state index is 0.350. The molecular weight excluding hydrogens is 257 g/mol. The quantitative estimate of drug-likeness (QED) is 0.662. The molecule has 0 amide bonds. The molecule has 2 nitrogen and oxygen atoms in total. The Kier molecular flexibility index (Phi) is 4.58. The van der Waals surface area contributed by atoms with E-state index in [4.69, 9.17) is 12.6 Å². The number of aryl methyl sites for hydroxylation is 1. The predicted octanol–water partition coefficient (Wildman–Crippen LogP) is 3.18. The second-order valence-electron chi connectivity index (χ2n) is 6.61. The zero-order chi connectivity index (χ0) is 14.7. The van der Waals surface area contributed by atoms with Crippen LogP contribution < -0.4 is 10.1 Å². The average molecular weight is 283 g/mol. The zero-order valence-corrected chi connectivity index (χ0v) is 13.2. The number of benzene rings is 1. The largest absolute Gasteiger partial charge is 0.497 e. The molecule has 0 bridgehead atoms. The lowest BCUT2D eigenvalue weighted by molar-refractivity contribution is 0.147. The number of fused-ring (bicyclic) bond motifs is 3. The Morgan fingerprint density at radius 3 is 3.05 bits per heavy atom. The summed E-state index contributed by atoms with van der Waals surface area (Å²) in [5, 5.41) is 3.33. The molecule has 112 valence electrons. The molecule has 1 saturated carbocycles. The fourth-order valence-corrected chi connectivity index (χ4v) is 4.66. The Morgan fingerprint density at radius 1 is 1.33 bits per heavy atom. The van der Waals surface area contributed by atoms with Gasteiger partial charge in [-0.05, 0) is 79.7 Å². The highest BCUT2D eigenvalue weighted by atomic mass is 16.5. The molecule has 2 aliphatic rings. The van der Waals surface area contributed by atoms with E-state index in [0.29, 0.717) is 11.9 Å². The molecule has 0 aromatic heterocycles. The molecular formula is C18H26BNO. The van der Waals surface area contributed by atoms with E-state index >= 15 is 0 Å². The van der Waals surface area contributed by atoms with Gasteiger partial charge in [0, 0.05) is 0 Å². The summed E-state index contributed by atoms with van der Waals surface area (Å²) in [6, 6.07) is 6.72. The van der Waals surface area contributed by atoms with Gasteiger partial charge in [-0.15, -0.1) is 0 Å². The van der Waals surface area contributed by atoms with Gasteiger partial charge in [-0.1, -0.05) is 18.9 Å². The minimum Gasteiger partial charge on any atom is -0.497 e. The summed E-state index contributed by atoms with van der Waals surface area (Å²) in [4.78, 5) is 0. The average Bonchev–Trinajstić information content (AvgIpc) is 2.54. The third-order valence-corrected chi connectivity index (χ3v) is 5.71. The minimum atomic E-state index is 0.350. The molecule has 2 radical (unpaired) electrons. The first-order chi connectivity index (χ1) is 10.3. The summed E-state index contributed by atoms with van der Waals surface area (Å²) in [6.07, 6.45) is 9.83. The highest BCUT2D eigenvalue weighted by Crippen LogP contribution is 2.52. The Labute approximate surface area is 130 Å². The van der Waals surface area contributed by atoms with Crippen LogP contribution in [0.1, 0.15) is 49.7 Å². The lowest BCUT2D eigenvalue weighted by Gasteiger charge is -2.49. The maximum absolute atomic E-state index is 5.62. The lowest BCUT2D eigenvalue weighted by atomic mass is 9.56. The highest BCUT2D eigenvalue weighted by molar-refractivity contribution is 6.08. The van der Waals surface area contributed by atoms with Gasteiger partial charge in [0.05, 0.1) is 15.0 Å². The molecule has 1 unspecified atom stereocenters. The molecule has 1 fully saturated rings. The number of rotatable bonds is 5. The van der Waals surface area contributed by atoms with Crippen LogP contribution in [0.4, 0.5) is 0 Å². The lowest BCUT2D eigenvalue weighted by Crippen LogP contribution is -2.44. The third kappa shape index (κ3) is 2.73. The van der Waals surface area contributed by atoms with Crippen LogP contribution in [0.3, 0.4) is 0 Å². The van der Waals surface area contributed by atoms with Crippen molar-refractivity contribution in [1.82, 2.24) is 5.32 Å². The second kappa shape index (κ2) is 6.43. The number of hydrogen-bond acceptors (Lipinski definition) is 2. The monoisotopic (exact) mass is 283 g/mol. The van der Waals surface area contributed by atoms with E-state index in [9.17, 15) is 0 Å². The van der Waals surface area contributed by atoms with Crippen LogP contribution in [0, 0.1) is 5.92 Å². The van der Waals surface area contributed by atoms with Gasteiger partial charge in [0.25, 0.3) is 0 Å². The molecule has 0 saturated heterocycles. The van der Waals surface area contributed by atoms with Crippen LogP contribution in [-0.4, -0.2) is 27.9 Å². The van der Waals surface area contributed by atoms with Gasteiger partial charge in [0.1, 0.15) is 5.75 Å². The number of hydrogen-bond donors (Lipinski definition) is 1. The summed E-state index contributed by atoms with van der Waals surface area (Å²) in [5.74, 6) is 1.84. The normalized spacial score (nSPS) is 27.8. The first-order valence-corrected chi connectivity index (χ1v) is 8.38. The maximum Gasteiger partial charge on any atom is 0.119 e. The number of nitrogens with one attached hydrogen (secondary N) is 1. The van der Waals surface area contributed by atoms with Crippen molar-refractivity contribution in [2.45, 2.75) is 50.4 Å². The molecule has 3 heteroatoms. The Hall–Kier alpha value is -0.955. The topological polar surface area (TPSA) is 21.3 Å². The Balaban J connectivity index is 1.98. The molecule has 1 aromatic rings. The fraction of sp³-hybridized carbons (Fsp3) is 0.667. The van der Waals surface area contributed by atoms with Crippen molar-refractivity contribution in [3.05, 3.63) is 29.3 Å². The van der Waals surface area contributed by atoms with Crippen LogP contribution in [0.2, 0.25) is 0 Å². The van der Waals surface area contributed by atoms with E-state index in [0.717, 1.165) is 18.2 Å². The van der Waals surface area contributed by atoms with Crippen LogP contribution in [0.15, 0.2) is 18.2 Å². The van der Waals surface area contributed by atoms with Crippen LogP contribution in [0.5, 0.6) is 5.75 Å². The van der Waals surface area contributed by atoms with Gasteiger partial charge < -0.3 is 10.1 Å². The first-order valence-electron chi connectivity index (χ1n) is 8.38. The van der Waals surface area contributed by atoms with Crippen molar-refractivity contribution in [3.63, 3.8) is 0 Å². The summed E-state index contributed by atoms with van der Waals surface area (Å²) in [7, 11) is 7.39. The van der Waals surface area contributed by atoms with Crippen LogP contribution >= 0.6 is 0 Å². The molecule has 2 aliphatic carbocycles. The maximum atomic E-state index is 5.62. The van der Waals surface area contributed by atoms with E-state index in [1.807, 2.05) is 0 Å². The van der Waals surface area contributed by atoms with Crippen molar-refractivity contribution in [2.24, 2.45) is 5.92 Å². The van der Waals surface area contributed by atoms with E-state index in [2.05, 4.69) is 23.5 Å². The van der Waals surface area contributed by atoms with E-state index in [1.54, 1.807) is 18.2 Å². The molecule has 1 aromatic carbocycles. The van der Waals surface area contributed by atoms with E-state index in [-0.39, 0.29) is 0 Å². The predicted molar refractivity (Wildman–Crippen MR) is 88.2 cm³/mol. The van der Waals surface area contributed by atoms with Gasteiger partial charge in [-0.25, -0.2) is 0 Å². The fourth-order valence-electron chi connectivity index (χ4n) is 4.66. The van der Waals surface area contributed by atoms with E-state index in [1.165, 1.54) is 44.9 Å². The van der Waals surface area contributed by atoms with Gasteiger partial charge in [0.15, 0.2) is 0 Å². The standard InChI is InChI=1S/C18H26BNO/c1-21-16-8-6-14-5-7-15-4-2-3-9-18(15,17(14)12-16)10-11-20-13-19/h6,8,12,15,20H,2-5,7,9-11,13H2,1H3/t15?,18-/m0/s1. The molecule has 2 atom stereocenters. The van der Waals surface area contributed by atoms with Crippen molar-refractivity contribution in [3.8, 4) is 5.75 Å². The molecule has 0 spiro atoms. The SMILES string of the molecule is [B]CNCC[C@@]12CCCCC1CCc1ccc(OC)cc12. The Morgan fingerprint density at radius 2 is 2.24 bits per heavy atom. The van der Waals surface area contributed by atoms with Crippen LogP contribution in [-0.2, 0) is 11.8 Å². The molecule has 1 N–H and O–H groups in total. The number of methoxy groups -OCH3 is 1. The van der Waals surface area contributed by atoms with Crippen molar-refractivity contribution < 1.29 is 4.74 Å². The third-order valence-electron chi connectivity index (χ3n) is 5.71. The Bertz CT molecular complexity index is 490. The smallest absolute Gasteiger partial charge is 0.119 e. The van der Waals surface area contributed by atoms with Crippen molar-refractivity contribution in [1.29, 1.82) is 0 Å². The van der Waals surface area contributed by atoms with Crippen LogP contribution in [0.25, 0.3) is 0 Å². The van der Waals surface area contributed by atoms with Gasteiger partial charge in [-0.2, -0.15) is 0 Å². The first kappa shape index (κ1) is 15.0. The molecule has 21 heavy (non-hydrogen) atoms. The summed E-state index contributed by atoms with van der Waals surface area (Å²) in [5.41, 5.74) is 3.46.